The summed E-state index contributed by atoms with van der Waals surface area (Å²) in [4.78, 5) is 10.1. The molecule has 1 rings (SSSR count). The van der Waals surface area contributed by atoms with Crippen LogP contribution >= 0.6 is 0 Å². The molecule has 5 heteroatoms. The van der Waals surface area contributed by atoms with Gasteiger partial charge in [-0.3, -0.25) is 4.79 Å². The van der Waals surface area contributed by atoms with Gasteiger partial charge in [-0.05, 0) is 11.6 Å². The second kappa shape index (κ2) is 4.76. The summed E-state index contributed by atoms with van der Waals surface area (Å²) in [5.74, 6) is -1.04. The zero-order valence-electron chi connectivity index (χ0n) is 8.46. The first kappa shape index (κ1) is 12.2. The molecule has 0 aliphatic carbocycles. The van der Waals surface area contributed by atoms with Crippen molar-refractivity contribution in [3.8, 4) is 0 Å². The van der Waals surface area contributed by atoms with Crippen molar-refractivity contribution in [1.29, 1.82) is 0 Å². The minimum Gasteiger partial charge on any atom is -0.365 e. The van der Waals surface area contributed by atoms with Crippen LogP contribution in [0.15, 0.2) is 47.2 Å². The van der Waals surface area contributed by atoms with E-state index in [1.54, 1.807) is 24.3 Å². The summed E-state index contributed by atoms with van der Waals surface area (Å²) in [5.41, 5.74) is 5.55. The maximum atomic E-state index is 11.5. The topological polar surface area (TPSA) is 77.2 Å². The van der Waals surface area contributed by atoms with Crippen molar-refractivity contribution in [3.63, 3.8) is 0 Å². The zero-order chi connectivity index (χ0) is 12.2. The standard InChI is InChI=1S/C11H11NO3S/c1-9(11(12)13)16(14,15)8-7-10-5-3-2-4-6-10/h2-8H,1H2,(H2,12,13)/b8-7+. The number of benzene rings is 1. The Bertz CT molecular complexity index is 530. The molecule has 0 aromatic heterocycles. The van der Waals surface area contributed by atoms with Gasteiger partial charge >= 0.3 is 0 Å². The molecule has 0 heterocycles. The highest BCUT2D eigenvalue weighted by Crippen LogP contribution is 2.09. The molecule has 1 amide bonds. The van der Waals surface area contributed by atoms with Gasteiger partial charge in [0.15, 0.2) is 0 Å². The van der Waals surface area contributed by atoms with E-state index >= 15 is 0 Å². The summed E-state index contributed by atoms with van der Waals surface area (Å²) in [6, 6.07) is 8.83. The number of primary amides is 1. The predicted octanol–water partition coefficient (Wildman–Crippen LogP) is 1.07. The normalized spacial score (nSPS) is 11.5. The van der Waals surface area contributed by atoms with Crippen LogP contribution in [-0.4, -0.2) is 14.3 Å². The molecule has 0 radical (unpaired) electrons. The maximum absolute atomic E-state index is 11.5. The summed E-state index contributed by atoms with van der Waals surface area (Å²) in [7, 11) is -3.81. The van der Waals surface area contributed by atoms with Gasteiger partial charge in [0.1, 0.15) is 4.91 Å². The maximum Gasteiger partial charge on any atom is 0.259 e. The van der Waals surface area contributed by atoms with Crippen LogP contribution in [-0.2, 0) is 14.6 Å². The van der Waals surface area contributed by atoms with Gasteiger partial charge in [0.25, 0.3) is 5.91 Å². The monoisotopic (exact) mass is 237 g/mol. The Morgan fingerprint density at radius 3 is 2.31 bits per heavy atom. The quantitative estimate of drug-likeness (QED) is 0.796. The van der Waals surface area contributed by atoms with Crippen molar-refractivity contribution in [3.05, 3.63) is 52.8 Å². The number of nitrogens with two attached hydrogens (primary N) is 1. The number of sulfone groups is 1. The highest BCUT2D eigenvalue weighted by molar-refractivity contribution is 7.99. The molecule has 0 atom stereocenters. The summed E-state index contributed by atoms with van der Waals surface area (Å²) >= 11 is 0. The van der Waals surface area contributed by atoms with E-state index in [1.807, 2.05) is 6.07 Å². The first-order chi connectivity index (χ1) is 7.43. The predicted molar refractivity (Wildman–Crippen MR) is 62.7 cm³/mol. The van der Waals surface area contributed by atoms with Gasteiger partial charge < -0.3 is 5.73 Å². The molecule has 2 N–H and O–H groups in total. The van der Waals surface area contributed by atoms with Crippen molar-refractivity contribution in [2.45, 2.75) is 0 Å². The van der Waals surface area contributed by atoms with Crippen LogP contribution in [0.3, 0.4) is 0 Å². The smallest absolute Gasteiger partial charge is 0.259 e. The molecular weight excluding hydrogens is 226 g/mol. The molecular formula is C11H11NO3S. The average Bonchev–Trinajstić information content (AvgIpc) is 2.27. The molecule has 0 saturated heterocycles. The van der Waals surface area contributed by atoms with Gasteiger partial charge in [-0.25, -0.2) is 8.42 Å². The van der Waals surface area contributed by atoms with E-state index in [9.17, 15) is 13.2 Å². The van der Waals surface area contributed by atoms with Gasteiger partial charge in [0.2, 0.25) is 9.84 Å². The van der Waals surface area contributed by atoms with E-state index < -0.39 is 20.6 Å². The van der Waals surface area contributed by atoms with E-state index in [4.69, 9.17) is 5.73 Å². The number of hydrogen-bond donors (Lipinski definition) is 1. The van der Waals surface area contributed by atoms with E-state index in [0.29, 0.717) is 5.56 Å². The van der Waals surface area contributed by atoms with Gasteiger partial charge in [0, 0.05) is 5.41 Å². The van der Waals surface area contributed by atoms with Crippen LogP contribution in [0.5, 0.6) is 0 Å². The molecule has 0 aliphatic rings. The number of rotatable bonds is 4. The second-order valence-electron chi connectivity index (χ2n) is 3.05. The molecule has 0 fully saturated rings. The fourth-order valence-electron chi connectivity index (χ4n) is 0.955. The van der Waals surface area contributed by atoms with Crippen molar-refractivity contribution >= 4 is 21.8 Å². The minimum absolute atomic E-state index is 0.611. The largest absolute Gasteiger partial charge is 0.365 e. The summed E-state index contributed by atoms with van der Waals surface area (Å²) in [6.45, 7) is 3.12. The van der Waals surface area contributed by atoms with Crippen LogP contribution in [0.25, 0.3) is 6.08 Å². The molecule has 4 nitrogen and oxygen atoms in total. The van der Waals surface area contributed by atoms with Crippen molar-refractivity contribution < 1.29 is 13.2 Å². The summed E-state index contributed by atoms with van der Waals surface area (Å²) in [6.07, 6.45) is 1.38. The van der Waals surface area contributed by atoms with Crippen LogP contribution in [0, 0.1) is 0 Å². The number of carbonyl (C=O) groups is 1. The lowest BCUT2D eigenvalue weighted by Crippen LogP contribution is -2.18. The Morgan fingerprint density at radius 2 is 1.81 bits per heavy atom. The van der Waals surface area contributed by atoms with Crippen LogP contribution < -0.4 is 5.73 Å². The molecule has 1 aromatic carbocycles. The van der Waals surface area contributed by atoms with E-state index in [2.05, 4.69) is 6.58 Å². The fourth-order valence-corrected chi connectivity index (χ4v) is 1.74. The Kier molecular flexibility index (Phi) is 3.63. The number of amides is 1. The molecule has 0 bridgehead atoms. The molecule has 0 spiro atoms. The SMILES string of the molecule is C=C(C(N)=O)S(=O)(=O)/C=C/c1ccccc1. The van der Waals surface area contributed by atoms with Crippen LogP contribution in [0.2, 0.25) is 0 Å². The first-order valence-electron chi connectivity index (χ1n) is 4.40. The van der Waals surface area contributed by atoms with Crippen molar-refractivity contribution in [2.75, 3.05) is 0 Å². The van der Waals surface area contributed by atoms with Gasteiger partial charge in [0.05, 0.1) is 0 Å². The zero-order valence-corrected chi connectivity index (χ0v) is 9.28. The average molecular weight is 237 g/mol. The first-order valence-corrected chi connectivity index (χ1v) is 5.95. The second-order valence-corrected chi connectivity index (χ2v) is 4.90. The lowest BCUT2D eigenvalue weighted by Gasteiger charge is -1.97. The Balaban J connectivity index is 2.94. The molecule has 0 saturated carbocycles. The Labute approximate surface area is 94.0 Å². The van der Waals surface area contributed by atoms with E-state index in [1.165, 1.54) is 6.08 Å². The van der Waals surface area contributed by atoms with Crippen LogP contribution in [0.1, 0.15) is 5.56 Å². The fraction of sp³-hybridized carbons (Fsp3) is 0. The van der Waals surface area contributed by atoms with Gasteiger partial charge in [-0.2, -0.15) is 0 Å². The highest BCUT2D eigenvalue weighted by atomic mass is 32.2. The third-order valence-corrected chi connectivity index (χ3v) is 3.24. The van der Waals surface area contributed by atoms with Crippen molar-refractivity contribution in [2.24, 2.45) is 5.73 Å². The molecule has 84 valence electrons. The number of carbonyl (C=O) groups excluding carboxylic acids is 1. The van der Waals surface area contributed by atoms with Gasteiger partial charge in [-0.1, -0.05) is 36.9 Å². The lowest BCUT2D eigenvalue weighted by molar-refractivity contribution is -0.113. The third kappa shape index (κ3) is 3.06. The number of hydrogen-bond acceptors (Lipinski definition) is 3. The minimum atomic E-state index is -3.81. The summed E-state index contributed by atoms with van der Waals surface area (Å²) < 4.78 is 22.9. The van der Waals surface area contributed by atoms with E-state index in [-0.39, 0.29) is 0 Å². The van der Waals surface area contributed by atoms with Gasteiger partial charge in [-0.15, -0.1) is 0 Å². The van der Waals surface area contributed by atoms with E-state index in [0.717, 1.165) is 5.41 Å². The highest BCUT2D eigenvalue weighted by Gasteiger charge is 2.16. The lowest BCUT2D eigenvalue weighted by atomic mass is 10.2. The molecule has 16 heavy (non-hydrogen) atoms. The summed E-state index contributed by atoms with van der Waals surface area (Å²) in [5, 5.41) is 0.912. The van der Waals surface area contributed by atoms with Crippen LogP contribution in [0.4, 0.5) is 0 Å². The molecule has 0 unspecified atom stereocenters. The molecule has 1 aromatic rings. The Hall–Kier alpha value is -1.88. The Morgan fingerprint density at radius 1 is 1.25 bits per heavy atom. The third-order valence-electron chi connectivity index (χ3n) is 1.86. The molecule has 0 aliphatic heterocycles. The van der Waals surface area contributed by atoms with Crippen molar-refractivity contribution in [1.82, 2.24) is 0 Å².